The van der Waals surface area contributed by atoms with Crippen LogP contribution in [0, 0.1) is 6.92 Å². The molecule has 2 heterocycles. The molecule has 0 bridgehead atoms. The molecule has 1 N–H and O–H groups in total. The maximum absolute atomic E-state index is 11.3. The fraction of sp³-hybridized carbons (Fsp3) is 0.357. The summed E-state index contributed by atoms with van der Waals surface area (Å²) in [6.45, 7) is 3.11. The molecule has 104 valence electrons. The van der Waals surface area contributed by atoms with Crippen LogP contribution in [-0.4, -0.2) is 27.9 Å². The predicted molar refractivity (Wildman–Crippen MR) is 71.5 cm³/mol. The van der Waals surface area contributed by atoms with Gasteiger partial charge in [0.05, 0.1) is 12.5 Å². The predicted octanol–water partition coefficient (Wildman–Crippen LogP) is 1.96. The number of rotatable bonds is 3. The van der Waals surface area contributed by atoms with Crippen LogP contribution in [0.1, 0.15) is 29.3 Å². The van der Waals surface area contributed by atoms with Crippen LogP contribution < -0.4 is 4.90 Å². The molecule has 1 aliphatic heterocycles. The highest BCUT2D eigenvalue weighted by molar-refractivity contribution is 5.80. The van der Waals surface area contributed by atoms with Gasteiger partial charge >= 0.3 is 5.97 Å². The first kappa shape index (κ1) is 12.7. The smallest absolute Gasteiger partial charge is 0.311 e. The van der Waals surface area contributed by atoms with Crippen LogP contribution >= 0.6 is 0 Å². The Morgan fingerprint density at radius 2 is 2.25 bits per heavy atom. The molecule has 1 aliphatic rings. The van der Waals surface area contributed by atoms with Crippen LogP contribution in [0.3, 0.4) is 0 Å². The zero-order chi connectivity index (χ0) is 14.1. The molecule has 20 heavy (non-hydrogen) atoms. The second-order valence-corrected chi connectivity index (χ2v) is 4.96. The Kier molecular flexibility index (Phi) is 3.14. The van der Waals surface area contributed by atoms with Gasteiger partial charge in [-0.2, -0.15) is 0 Å². The zero-order valence-corrected chi connectivity index (χ0v) is 11.1. The quantitative estimate of drug-likeness (QED) is 0.920. The molecule has 0 radical (unpaired) electrons. The number of carboxylic acid groups (broad SMARTS) is 1. The van der Waals surface area contributed by atoms with E-state index in [1.54, 1.807) is 0 Å². The minimum Gasteiger partial charge on any atom is -0.481 e. The van der Waals surface area contributed by atoms with Crippen molar-refractivity contribution in [2.24, 2.45) is 0 Å². The Labute approximate surface area is 116 Å². The Morgan fingerprint density at radius 3 is 2.95 bits per heavy atom. The molecule has 6 heteroatoms. The van der Waals surface area contributed by atoms with Crippen molar-refractivity contribution in [2.45, 2.75) is 25.8 Å². The standard InChI is InChI=1S/C14H15N3O3/c1-9-12(16-20-15-9)8-17-7-6-11(14(18)19)10-4-2-3-5-13(10)17/h2-5,11H,6-8H2,1H3,(H,18,19)/t11-/m1/s1. The van der Waals surface area contributed by atoms with Crippen LogP contribution in [-0.2, 0) is 11.3 Å². The number of anilines is 1. The number of aryl methyl sites for hydroxylation is 1. The highest BCUT2D eigenvalue weighted by Gasteiger charge is 2.30. The molecular formula is C14H15N3O3. The summed E-state index contributed by atoms with van der Waals surface area (Å²) in [7, 11) is 0. The molecule has 0 amide bonds. The van der Waals surface area contributed by atoms with E-state index in [1.807, 2.05) is 31.2 Å². The van der Waals surface area contributed by atoms with Crippen molar-refractivity contribution in [1.29, 1.82) is 0 Å². The molecule has 1 aromatic carbocycles. The first-order chi connectivity index (χ1) is 9.66. The van der Waals surface area contributed by atoms with Gasteiger partial charge in [0, 0.05) is 12.2 Å². The van der Waals surface area contributed by atoms with Crippen LogP contribution in [0.5, 0.6) is 0 Å². The Hall–Kier alpha value is -2.37. The van der Waals surface area contributed by atoms with E-state index in [-0.39, 0.29) is 0 Å². The van der Waals surface area contributed by atoms with Crippen molar-refractivity contribution in [1.82, 2.24) is 10.3 Å². The number of carboxylic acids is 1. The highest BCUT2D eigenvalue weighted by atomic mass is 16.6. The lowest BCUT2D eigenvalue weighted by Gasteiger charge is -2.33. The van der Waals surface area contributed by atoms with Crippen molar-refractivity contribution in [2.75, 3.05) is 11.4 Å². The molecule has 1 aromatic heterocycles. The monoisotopic (exact) mass is 273 g/mol. The average Bonchev–Trinajstić information content (AvgIpc) is 2.84. The van der Waals surface area contributed by atoms with Gasteiger partial charge in [-0.1, -0.05) is 28.5 Å². The van der Waals surface area contributed by atoms with Crippen molar-refractivity contribution < 1.29 is 14.5 Å². The summed E-state index contributed by atoms with van der Waals surface area (Å²) in [5.41, 5.74) is 3.37. The molecule has 0 saturated carbocycles. The van der Waals surface area contributed by atoms with Crippen LogP contribution in [0.25, 0.3) is 0 Å². The Balaban J connectivity index is 1.93. The van der Waals surface area contributed by atoms with E-state index in [9.17, 15) is 9.90 Å². The van der Waals surface area contributed by atoms with Gasteiger partial charge in [-0.25, -0.2) is 4.63 Å². The van der Waals surface area contributed by atoms with Gasteiger partial charge < -0.3 is 10.0 Å². The second-order valence-electron chi connectivity index (χ2n) is 4.96. The fourth-order valence-corrected chi connectivity index (χ4v) is 2.63. The van der Waals surface area contributed by atoms with Gasteiger partial charge in [0.25, 0.3) is 0 Å². The average molecular weight is 273 g/mol. The molecule has 6 nitrogen and oxygen atoms in total. The van der Waals surface area contributed by atoms with Crippen LogP contribution in [0.2, 0.25) is 0 Å². The lowest BCUT2D eigenvalue weighted by atomic mass is 9.90. The van der Waals surface area contributed by atoms with E-state index in [4.69, 9.17) is 4.63 Å². The summed E-state index contributed by atoms with van der Waals surface area (Å²) >= 11 is 0. The molecule has 0 fully saturated rings. The molecule has 2 aromatic rings. The molecule has 0 unspecified atom stereocenters. The van der Waals surface area contributed by atoms with Gasteiger partial charge in [-0.05, 0) is 25.0 Å². The first-order valence-electron chi connectivity index (χ1n) is 6.51. The van der Waals surface area contributed by atoms with Crippen molar-refractivity contribution >= 4 is 11.7 Å². The molecule has 3 rings (SSSR count). The number of fused-ring (bicyclic) bond motifs is 1. The minimum absolute atomic E-state index is 0.431. The fourth-order valence-electron chi connectivity index (χ4n) is 2.63. The van der Waals surface area contributed by atoms with Gasteiger partial charge in [0.1, 0.15) is 11.4 Å². The van der Waals surface area contributed by atoms with E-state index in [0.29, 0.717) is 19.5 Å². The molecule has 0 aliphatic carbocycles. The maximum atomic E-state index is 11.3. The van der Waals surface area contributed by atoms with E-state index in [2.05, 4.69) is 15.2 Å². The van der Waals surface area contributed by atoms with Crippen molar-refractivity contribution in [3.05, 3.63) is 41.2 Å². The molecule has 1 atom stereocenters. The number of aliphatic carboxylic acids is 1. The first-order valence-corrected chi connectivity index (χ1v) is 6.51. The molecular weight excluding hydrogens is 258 g/mol. The largest absolute Gasteiger partial charge is 0.481 e. The summed E-state index contributed by atoms with van der Waals surface area (Å²) in [4.78, 5) is 13.5. The third-order valence-electron chi connectivity index (χ3n) is 3.73. The molecule has 0 saturated heterocycles. The van der Waals surface area contributed by atoms with Gasteiger partial charge in [-0.15, -0.1) is 0 Å². The third-order valence-corrected chi connectivity index (χ3v) is 3.73. The number of aromatic nitrogens is 2. The number of hydrogen-bond donors (Lipinski definition) is 1. The third kappa shape index (κ3) is 2.13. The summed E-state index contributed by atoms with van der Waals surface area (Å²) in [6, 6.07) is 7.63. The normalized spacial score (nSPS) is 17.9. The number of benzene rings is 1. The van der Waals surface area contributed by atoms with E-state index in [0.717, 1.165) is 22.6 Å². The summed E-state index contributed by atoms with van der Waals surface area (Å²) in [5, 5.41) is 17.0. The van der Waals surface area contributed by atoms with E-state index >= 15 is 0 Å². The second kappa shape index (κ2) is 4.96. The Morgan fingerprint density at radius 1 is 1.45 bits per heavy atom. The lowest BCUT2D eigenvalue weighted by molar-refractivity contribution is -0.139. The number of hydrogen-bond acceptors (Lipinski definition) is 5. The summed E-state index contributed by atoms with van der Waals surface area (Å²) in [6.07, 6.45) is 0.594. The van der Waals surface area contributed by atoms with E-state index in [1.165, 1.54) is 0 Å². The van der Waals surface area contributed by atoms with Gasteiger partial charge in [0.2, 0.25) is 0 Å². The lowest BCUT2D eigenvalue weighted by Crippen LogP contribution is -2.33. The zero-order valence-electron chi connectivity index (χ0n) is 11.1. The SMILES string of the molecule is Cc1nonc1CN1CC[C@@H](C(=O)O)c2ccccc21. The van der Waals surface area contributed by atoms with E-state index < -0.39 is 11.9 Å². The van der Waals surface area contributed by atoms with Crippen molar-refractivity contribution in [3.8, 4) is 0 Å². The number of carbonyl (C=O) groups is 1. The van der Waals surface area contributed by atoms with Gasteiger partial charge in [-0.3, -0.25) is 4.79 Å². The maximum Gasteiger partial charge on any atom is 0.311 e. The van der Waals surface area contributed by atoms with Crippen molar-refractivity contribution in [3.63, 3.8) is 0 Å². The molecule has 0 spiro atoms. The van der Waals surface area contributed by atoms with Crippen LogP contribution in [0.4, 0.5) is 5.69 Å². The topological polar surface area (TPSA) is 79.5 Å². The summed E-state index contributed by atoms with van der Waals surface area (Å²) in [5.74, 6) is -1.20. The van der Waals surface area contributed by atoms with Crippen LogP contribution in [0.15, 0.2) is 28.9 Å². The summed E-state index contributed by atoms with van der Waals surface area (Å²) < 4.78 is 4.71. The highest BCUT2D eigenvalue weighted by Crippen LogP contribution is 2.36. The number of nitrogens with zero attached hydrogens (tertiary/aromatic N) is 3. The van der Waals surface area contributed by atoms with Gasteiger partial charge in [0.15, 0.2) is 0 Å². The number of para-hydroxylation sites is 1. The minimum atomic E-state index is -0.767. The Bertz CT molecular complexity index is 638.